The van der Waals surface area contributed by atoms with Crippen molar-refractivity contribution in [1.82, 2.24) is 5.32 Å². The zero-order chi connectivity index (χ0) is 16.7. The van der Waals surface area contributed by atoms with Gasteiger partial charge in [-0.05, 0) is 51.3 Å². The van der Waals surface area contributed by atoms with Gasteiger partial charge in [0.1, 0.15) is 6.61 Å². The molecule has 0 aliphatic rings. The van der Waals surface area contributed by atoms with Crippen molar-refractivity contribution in [3.8, 4) is 11.5 Å². The predicted octanol–water partition coefficient (Wildman–Crippen LogP) is 3.77. The van der Waals surface area contributed by atoms with Crippen LogP contribution in [-0.2, 0) is 13.2 Å². The van der Waals surface area contributed by atoms with Crippen molar-refractivity contribution in [3.63, 3.8) is 0 Å². The summed E-state index contributed by atoms with van der Waals surface area (Å²) < 4.78 is 12.1. The lowest BCUT2D eigenvalue weighted by atomic mass is 10.2. The average Bonchev–Trinajstić information content (AvgIpc) is 2.55. The summed E-state index contributed by atoms with van der Waals surface area (Å²) in [5.41, 5.74) is 2.07. The van der Waals surface area contributed by atoms with Crippen LogP contribution in [0.1, 0.15) is 11.1 Å². The molecule has 0 saturated heterocycles. The Morgan fingerprint density at radius 2 is 1.91 bits per heavy atom. The van der Waals surface area contributed by atoms with Gasteiger partial charge in [-0.1, -0.05) is 23.7 Å². The summed E-state index contributed by atoms with van der Waals surface area (Å²) in [6.45, 7) is 1.73. The lowest BCUT2D eigenvalue weighted by Gasteiger charge is -2.15. The van der Waals surface area contributed by atoms with Crippen LogP contribution in [0.15, 0.2) is 40.9 Å². The maximum absolute atomic E-state index is 8.81. The Bertz CT molecular complexity index is 634. The van der Waals surface area contributed by atoms with Gasteiger partial charge >= 0.3 is 0 Å². The third-order valence-electron chi connectivity index (χ3n) is 3.20. The molecule has 2 aromatic rings. The normalized spacial score (nSPS) is 10.6. The zero-order valence-corrected chi connectivity index (χ0v) is 15.2. The molecule has 0 unspecified atom stereocenters. The Kier molecular flexibility index (Phi) is 7.17. The zero-order valence-electron chi connectivity index (χ0n) is 12.8. The Morgan fingerprint density at radius 1 is 1.17 bits per heavy atom. The molecular formula is C17H19BrClNO3. The lowest BCUT2D eigenvalue weighted by molar-refractivity contribution is 0.282. The molecule has 0 atom stereocenters. The number of rotatable bonds is 8. The van der Waals surface area contributed by atoms with Crippen LogP contribution >= 0.6 is 27.5 Å². The maximum atomic E-state index is 8.81. The Hall–Kier alpha value is -1.27. The molecule has 0 aliphatic heterocycles. The molecule has 0 spiro atoms. The predicted molar refractivity (Wildman–Crippen MR) is 95.3 cm³/mol. The van der Waals surface area contributed by atoms with Crippen molar-refractivity contribution in [1.29, 1.82) is 0 Å². The third kappa shape index (κ3) is 5.39. The van der Waals surface area contributed by atoms with Crippen LogP contribution in [0.2, 0.25) is 5.02 Å². The van der Waals surface area contributed by atoms with E-state index in [1.54, 1.807) is 7.11 Å². The van der Waals surface area contributed by atoms with Crippen molar-refractivity contribution in [2.75, 3.05) is 20.3 Å². The highest BCUT2D eigenvalue weighted by molar-refractivity contribution is 9.10. The van der Waals surface area contributed by atoms with Crippen LogP contribution in [-0.4, -0.2) is 25.4 Å². The Labute approximate surface area is 149 Å². The van der Waals surface area contributed by atoms with Crippen LogP contribution in [0.3, 0.4) is 0 Å². The summed E-state index contributed by atoms with van der Waals surface area (Å²) >= 11 is 9.41. The molecule has 0 aliphatic carbocycles. The molecule has 2 N–H and O–H groups in total. The van der Waals surface area contributed by atoms with Gasteiger partial charge < -0.3 is 19.9 Å². The highest BCUT2D eigenvalue weighted by Crippen LogP contribution is 2.37. The number of benzene rings is 2. The number of halogens is 2. The Morgan fingerprint density at radius 3 is 2.57 bits per heavy atom. The van der Waals surface area contributed by atoms with Crippen molar-refractivity contribution in [2.45, 2.75) is 13.2 Å². The molecule has 0 aromatic heterocycles. The molecular weight excluding hydrogens is 382 g/mol. The van der Waals surface area contributed by atoms with Gasteiger partial charge in [0, 0.05) is 18.1 Å². The van der Waals surface area contributed by atoms with E-state index < -0.39 is 0 Å². The number of methoxy groups -OCH3 is 1. The van der Waals surface area contributed by atoms with E-state index in [0.29, 0.717) is 36.2 Å². The van der Waals surface area contributed by atoms with Gasteiger partial charge in [-0.2, -0.15) is 0 Å². The minimum atomic E-state index is 0.112. The molecule has 0 heterocycles. The van der Waals surface area contributed by atoms with Crippen LogP contribution in [0, 0.1) is 0 Å². The van der Waals surface area contributed by atoms with Crippen LogP contribution in [0.25, 0.3) is 0 Å². The minimum Gasteiger partial charge on any atom is -0.493 e. The first-order valence-electron chi connectivity index (χ1n) is 7.19. The number of nitrogens with one attached hydrogen (secondary N) is 1. The van der Waals surface area contributed by atoms with Crippen molar-refractivity contribution < 1.29 is 14.6 Å². The van der Waals surface area contributed by atoms with E-state index in [9.17, 15) is 0 Å². The Balaban J connectivity index is 2.09. The van der Waals surface area contributed by atoms with Crippen molar-refractivity contribution in [2.24, 2.45) is 0 Å². The first-order valence-corrected chi connectivity index (χ1v) is 8.36. The summed E-state index contributed by atoms with van der Waals surface area (Å²) in [6.07, 6.45) is 0. The molecule has 124 valence electrons. The fourth-order valence-electron chi connectivity index (χ4n) is 2.06. The van der Waals surface area contributed by atoms with E-state index in [0.717, 1.165) is 15.6 Å². The molecule has 4 nitrogen and oxygen atoms in total. The number of ether oxygens (including phenoxy) is 2. The summed E-state index contributed by atoms with van der Waals surface area (Å²) in [6, 6.07) is 11.4. The second kappa shape index (κ2) is 9.13. The smallest absolute Gasteiger partial charge is 0.175 e. The van der Waals surface area contributed by atoms with E-state index in [2.05, 4.69) is 21.2 Å². The molecule has 2 rings (SSSR count). The molecule has 0 radical (unpaired) electrons. The van der Waals surface area contributed by atoms with Crippen LogP contribution in [0.4, 0.5) is 0 Å². The van der Waals surface area contributed by atoms with Gasteiger partial charge in [-0.3, -0.25) is 0 Å². The second-order valence-corrected chi connectivity index (χ2v) is 6.22. The monoisotopic (exact) mass is 399 g/mol. The average molecular weight is 401 g/mol. The maximum Gasteiger partial charge on any atom is 0.175 e. The summed E-state index contributed by atoms with van der Waals surface area (Å²) in [5, 5.41) is 12.6. The number of aliphatic hydroxyl groups excluding tert-OH is 1. The SMILES string of the molecule is COc1cc(CNCCO)cc(Br)c1OCc1ccc(Cl)cc1. The summed E-state index contributed by atoms with van der Waals surface area (Å²) in [4.78, 5) is 0. The fraction of sp³-hybridized carbons (Fsp3) is 0.294. The third-order valence-corrected chi connectivity index (χ3v) is 4.04. The van der Waals surface area contributed by atoms with E-state index >= 15 is 0 Å². The highest BCUT2D eigenvalue weighted by Gasteiger charge is 2.12. The standard InChI is InChI=1S/C17H19BrClNO3/c1-22-16-9-13(10-20-6-7-21)8-15(18)17(16)23-11-12-2-4-14(19)5-3-12/h2-5,8-9,20-21H,6-7,10-11H2,1H3. The molecule has 0 bridgehead atoms. The molecule has 0 saturated carbocycles. The summed E-state index contributed by atoms with van der Waals surface area (Å²) in [5.74, 6) is 1.32. The molecule has 2 aromatic carbocycles. The molecule has 0 amide bonds. The van der Waals surface area contributed by atoms with Crippen molar-refractivity contribution >= 4 is 27.5 Å². The number of hydrogen-bond donors (Lipinski definition) is 2. The lowest BCUT2D eigenvalue weighted by Crippen LogP contribution is -2.17. The topological polar surface area (TPSA) is 50.7 Å². The van der Waals surface area contributed by atoms with Gasteiger partial charge in [0.25, 0.3) is 0 Å². The quantitative estimate of drug-likeness (QED) is 0.662. The molecule has 0 fully saturated rings. The molecule has 6 heteroatoms. The first-order chi connectivity index (χ1) is 11.1. The van der Waals surface area contributed by atoms with Gasteiger partial charge in [-0.15, -0.1) is 0 Å². The van der Waals surface area contributed by atoms with Gasteiger partial charge in [0.2, 0.25) is 0 Å². The van der Waals surface area contributed by atoms with Gasteiger partial charge in [0.05, 0.1) is 18.2 Å². The van der Waals surface area contributed by atoms with Crippen molar-refractivity contribution in [3.05, 3.63) is 57.0 Å². The largest absolute Gasteiger partial charge is 0.493 e. The first kappa shape index (κ1) is 18.1. The van der Waals surface area contributed by atoms with Gasteiger partial charge in [0.15, 0.2) is 11.5 Å². The highest BCUT2D eigenvalue weighted by atomic mass is 79.9. The number of hydrogen-bond acceptors (Lipinski definition) is 4. The van der Waals surface area contributed by atoms with E-state index in [1.165, 1.54) is 0 Å². The number of aliphatic hydroxyl groups is 1. The van der Waals surface area contributed by atoms with E-state index in [1.807, 2.05) is 36.4 Å². The summed E-state index contributed by atoms with van der Waals surface area (Å²) in [7, 11) is 1.61. The minimum absolute atomic E-state index is 0.112. The fourth-order valence-corrected chi connectivity index (χ4v) is 2.79. The van der Waals surface area contributed by atoms with E-state index in [-0.39, 0.29) is 6.61 Å². The van der Waals surface area contributed by atoms with E-state index in [4.69, 9.17) is 26.2 Å². The van der Waals surface area contributed by atoms with Crippen LogP contribution < -0.4 is 14.8 Å². The molecule has 23 heavy (non-hydrogen) atoms. The van der Waals surface area contributed by atoms with Crippen LogP contribution in [0.5, 0.6) is 11.5 Å². The van der Waals surface area contributed by atoms with Gasteiger partial charge in [-0.25, -0.2) is 0 Å². The second-order valence-electron chi connectivity index (χ2n) is 4.92.